The number of nitrogens with one attached hydrogen (secondary N) is 1. The van der Waals surface area contributed by atoms with Gasteiger partial charge in [-0.2, -0.15) is 0 Å². The molecule has 0 aliphatic carbocycles. The number of carbonyl (C=O) groups is 2. The Morgan fingerprint density at radius 1 is 1.38 bits per heavy atom. The second-order valence-corrected chi connectivity index (χ2v) is 3.21. The van der Waals surface area contributed by atoms with Crippen molar-refractivity contribution in [1.82, 2.24) is 5.43 Å². The number of hydrogen-bond donors (Lipinski definition) is 2. The van der Waals surface area contributed by atoms with Crippen LogP contribution in [0.25, 0.3) is 0 Å². The molecule has 0 aliphatic rings. The van der Waals surface area contributed by atoms with E-state index in [1.54, 1.807) is 24.3 Å². The molecule has 0 atom stereocenters. The lowest BCUT2D eigenvalue weighted by atomic mass is 10.2. The lowest BCUT2D eigenvalue weighted by Gasteiger charge is -2.05. The highest BCUT2D eigenvalue weighted by Gasteiger charge is 1.98. The van der Waals surface area contributed by atoms with Crippen LogP contribution in [0.3, 0.4) is 0 Å². The summed E-state index contributed by atoms with van der Waals surface area (Å²) in [4.78, 5) is 21.2. The summed E-state index contributed by atoms with van der Waals surface area (Å²) in [5.41, 5.74) is 2.65. The molecule has 0 aromatic heterocycles. The molecule has 1 rings (SSSR count). The van der Waals surface area contributed by atoms with E-state index in [1.807, 2.05) is 5.43 Å². The van der Waals surface area contributed by atoms with Crippen molar-refractivity contribution in [2.24, 2.45) is 5.84 Å². The van der Waals surface area contributed by atoms with E-state index in [-0.39, 0.29) is 5.91 Å². The highest BCUT2D eigenvalue weighted by Crippen LogP contribution is 2.11. The Bertz CT molecular complexity index is 349. The lowest BCUT2D eigenvalue weighted by Crippen LogP contribution is -2.29. The summed E-state index contributed by atoms with van der Waals surface area (Å²) < 4.78 is 5.36. The second kappa shape index (κ2) is 6.58. The molecule has 0 radical (unpaired) electrons. The van der Waals surface area contributed by atoms with E-state index >= 15 is 0 Å². The summed E-state index contributed by atoms with van der Waals surface area (Å²) in [7, 11) is 0. The van der Waals surface area contributed by atoms with Gasteiger partial charge in [-0.3, -0.25) is 15.0 Å². The minimum atomic E-state index is -0.208. The molecule has 16 heavy (non-hydrogen) atoms. The van der Waals surface area contributed by atoms with Gasteiger partial charge in [-0.1, -0.05) is 0 Å². The van der Waals surface area contributed by atoms with Crippen molar-refractivity contribution in [2.45, 2.75) is 12.8 Å². The van der Waals surface area contributed by atoms with Crippen LogP contribution >= 0.6 is 0 Å². The van der Waals surface area contributed by atoms with Gasteiger partial charge in [0.2, 0.25) is 5.91 Å². The monoisotopic (exact) mass is 222 g/mol. The molecule has 1 amide bonds. The summed E-state index contributed by atoms with van der Waals surface area (Å²) >= 11 is 0. The highest BCUT2D eigenvalue weighted by molar-refractivity contribution is 5.75. The standard InChI is InChI=1S/C11H14N2O3/c12-13-11(15)2-1-7-16-10-5-3-9(8-14)4-6-10/h3-6,8H,1-2,7,12H2,(H,13,15). The Balaban J connectivity index is 2.26. The van der Waals surface area contributed by atoms with Gasteiger partial charge in [-0.25, -0.2) is 5.84 Å². The first kappa shape index (κ1) is 12.2. The largest absolute Gasteiger partial charge is 0.494 e. The molecular weight excluding hydrogens is 208 g/mol. The van der Waals surface area contributed by atoms with Gasteiger partial charge in [-0.15, -0.1) is 0 Å². The first-order valence-electron chi connectivity index (χ1n) is 4.93. The molecule has 0 saturated carbocycles. The number of hydrazine groups is 1. The molecule has 86 valence electrons. The predicted molar refractivity (Wildman–Crippen MR) is 58.9 cm³/mol. The van der Waals surface area contributed by atoms with Crippen molar-refractivity contribution >= 4 is 12.2 Å². The second-order valence-electron chi connectivity index (χ2n) is 3.21. The maximum absolute atomic E-state index is 10.8. The summed E-state index contributed by atoms with van der Waals surface area (Å²) in [5.74, 6) is 5.39. The Morgan fingerprint density at radius 2 is 2.06 bits per heavy atom. The van der Waals surface area contributed by atoms with Crippen LogP contribution < -0.4 is 16.0 Å². The molecule has 1 aromatic carbocycles. The zero-order valence-electron chi connectivity index (χ0n) is 8.81. The summed E-state index contributed by atoms with van der Waals surface area (Å²) in [6.07, 6.45) is 1.71. The molecule has 0 spiro atoms. The number of rotatable bonds is 6. The molecule has 5 heteroatoms. The number of carbonyl (C=O) groups excluding carboxylic acids is 2. The number of hydrogen-bond acceptors (Lipinski definition) is 4. The molecule has 5 nitrogen and oxygen atoms in total. The number of aldehydes is 1. The van der Waals surface area contributed by atoms with Crippen molar-refractivity contribution < 1.29 is 14.3 Å². The number of benzene rings is 1. The average Bonchev–Trinajstić information content (AvgIpc) is 2.35. The van der Waals surface area contributed by atoms with E-state index in [1.165, 1.54) is 0 Å². The van der Waals surface area contributed by atoms with E-state index in [0.29, 0.717) is 30.8 Å². The van der Waals surface area contributed by atoms with Crippen LogP contribution in [0.15, 0.2) is 24.3 Å². The summed E-state index contributed by atoms with van der Waals surface area (Å²) in [6.45, 7) is 0.438. The Morgan fingerprint density at radius 3 is 2.62 bits per heavy atom. The zero-order chi connectivity index (χ0) is 11.8. The first-order chi connectivity index (χ1) is 7.76. The third-order valence-corrected chi connectivity index (χ3v) is 1.99. The van der Waals surface area contributed by atoms with Crippen molar-refractivity contribution in [2.75, 3.05) is 6.61 Å². The maximum atomic E-state index is 10.8. The van der Waals surface area contributed by atoms with Gasteiger partial charge >= 0.3 is 0 Å². The summed E-state index contributed by atoms with van der Waals surface area (Å²) in [6, 6.07) is 6.78. The van der Waals surface area contributed by atoms with Crippen molar-refractivity contribution in [3.8, 4) is 5.75 Å². The molecule has 0 aliphatic heterocycles. The molecule has 0 unspecified atom stereocenters. The van der Waals surface area contributed by atoms with Crippen LogP contribution in [0, 0.1) is 0 Å². The van der Waals surface area contributed by atoms with E-state index in [0.717, 1.165) is 6.29 Å². The maximum Gasteiger partial charge on any atom is 0.234 e. The van der Waals surface area contributed by atoms with Gasteiger partial charge in [0, 0.05) is 12.0 Å². The van der Waals surface area contributed by atoms with Gasteiger partial charge in [0.15, 0.2) is 0 Å². The van der Waals surface area contributed by atoms with Crippen LogP contribution in [-0.2, 0) is 4.79 Å². The topological polar surface area (TPSA) is 81.4 Å². The molecule has 1 aromatic rings. The lowest BCUT2D eigenvalue weighted by molar-refractivity contribution is -0.121. The van der Waals surface area contributed by atoms with Gasteiger partial charge in [0.25, 0.3) is 0 Å². The smallest absolute Gasteiger partial charge is 0.234 e. The van der Waals surface area contributed by atoms with E-state index < -0.39 is 0 Å². The van der Waals surface area contributed by atoms with Crippen molar-refractivity contribution in [3.05, 3.63) is 29.8 Å². The molecular formula is C11H14N2O3. The number of amides is 1. The average molecular weight is 222 g/mol. The number of nitrogens with two attached hydrogens (primary N) is 1. The van der Waals surface area contributed by atoms with Crippen LogP contribution in [0.2, 0.25) is 0 Å². The Labute approximate surface area is 93.6 Å². The van der Waals surface area contributed by atoms with Crippen LogP contribution in [0.5, 0.6) is 5.75 Å². The zero-order valence-corrected chi connectivity index (χ0v) is 8.81. The Hall–Kier alpha value is -1.88. The minimum absolute atomic E-state index is 0.208. The molecule has 0 fully saturated rings. The van der Waals surface area contributed by atoms with Crippen molar-refractivity contribution in [3.63, 3.8) is 0 Å². The van der Waals surface area contributed by atoms with E-state index in [9.17, 15) is 9.59 Å². The fraction of sp³-hybridized carbons (Fsp3) is 0.273. The molecule has 3 N–H and O–H groups in total. The van der Waals surface area contributed by atoms with Crippen LogP contribution in [-0.4, -0.2) is 18.8 Å². The van der Waals surface area contributed by atoms with Gasteiger partial charge in [-0.05, 0) is 30.7 Å². The van der Waals surface area contributed by atoms with E-state index in [4.69, 9.17) is 10.6 Å². The third kappa shape index (κ3) is 4.10. The SMILES string of the molecule is NNC(=O)CCCOc1ccc(C=O)cc1. The van der Waals surface area contributed by atoms with Crippen LogP contribution in [0.1, 0.15) is 23.2 Å². The fourth-order valence-electron chi connectivity index (χ4n) is 1.14. The molecule has 0 saturated heterocycles. The predicted octanol–water partition coefficient (Wildman–Crippen LogP) is 0.648. The van der Waals surface area contributed by atoms with Crippen LogP contribution in [0.4, 0.5) is 0 Å². The van der Waals surface area contributed by atoms with Gasteiger partial charge in [0.05, 0.1) is 6.61 Å². The normalized spacial score (nSPS) is 9.56. The minimum Gasteiger partial charge on any atom is -0.494 e. The summed E-state index contributed by atoms with van der Waals surface area (Å²) in [5, 5.41) is 0. The molecule has 0 heterocycles. The number of ether oxygens (including phenoxy) is 1. The van der Waals surface area contributed by atoms with E-state index in [2.05, 4.69) is 0 Å². The first-order valence-corrected chi connectivity index (χ1v) is 4.93. The fourth-order valence-corrected chi connectivity index (χ4v) is 1.14. The van der Waals surface area contributed by atoms with Crippen molar-refractivity contribution in [1.29, 1.82) is 0 Å². The molecule has 0 bridgehead atoms. The quantitative estimate of drug-likeness (QED) is 0.243. The third-order valence-electron chi connectivity index (χ3n) is 1.99. The highest BCUT2D eigenvalue weighted by atomic mass is 16.5. The van der Waals surface area contributed by atoms with Gasteiger partial charge in [0.1, 0.15) is 12.0 Å². The van der Waals surface area contributed by atoms with Gasteiger partial charge < -0.3 is 4.74 Å². The Kier molecular flexibility index (Phi) is 5.01.